The molecule has 0 aliphatic heterocycles. The summed E-state index contributed by atoms with van der Waals surface area (Å²) >= 11 is 0. The number of carbonyl (C=O) groups is 2. The molecule has 4 nitrogen and oxygen atoms in total. The SMILES string of the molecule is CC(=O)c1c(N=Cc2ccc(F)cc2)cc(F)cc1C(=O)OC(C)(C)C. The number of hydrogen-bond acceptors (Lipinski definition) is 4. The van der Waals surface area contributed by atoms with Gasteiger partial charge in [-0.1, -0.05) is 12.1 Å². The van der Waals surface area contributed by atoms with E-state index in [2.05, 4.69) is 4.99 Å². The van der Waals surface area contributed by atoms with Crippen molar-refractivity contribution in [2.45, 2.75) is 33.3 Å². The summed E-state index contributed by atoms with van der Waals surface area (Å²) in [6.07, 6.45) is 1.36. The monoisotopic (exact) mass is 359 g/mol. The van der Waals surface area contributed by atoms with Gasteiger partial charge in [0, 0.05) is 12.3 Å². The minimum Gasteiger partial charge on any atom is -0.456 e. The van der Waals surface area contributed by atoms with Gasteiger partial charge in [-0.05, 0) is 51.5 Å². The van der Waals surface area contributed by atoms with Crippen molar-refractivity contribution in [1.29, 1.82) is 0 Å². The van der Waals surface area contributed by atoms with Crippen molar-refractivity contribution in [3.63, 3.8) is 0 Å². The van der Waals surface area contributed by atoms with Crippen LogP contribution in [0.15, 0.2) is 41.4 Å². The fraction of sp³-hybridized carbons (Fsp3) is 0.250. The van der Waals surface area contributed by atoms with E-state index in [1.165, 1.54) is 37.4 Å². The molecule has 0 aliphatic carbocycles. The molecule has 0 saturated heterocycles. The number of aliphatic imine (C=N–C) groups is 1. The average Bonchev–Trinajstić information content (AvgIpc) is 2.51. The Bertz CT molecular complexity index is 866. The lowest BCUT2D eigenvalue weighted by atomic mass is 10.0. The van der Waals surface area contributed by atoms with Gasteiger partial charge in [0.25, 0.3) is 0 Å². The number of rotatable bonds is 4. The Hall–Kier alpha value is -2.89. The molecule has 0 unspecified atom stereocenters. The Morgan fingerprint density at radius 1 is 1.04 bits per heavy atom. The van der Waals surface area contributed by atoms with Crippen LogP contribution in [-0.4, -0.2) is 23.6 Å². The molecule has 2 rings (SSSR count). The maximum absolute atomic E-state index is 14.0. The van der Waals surface area contributed by atoms with Crippen LogP contribution in [0.2, 0.25) is 0 Å². The number of ether oxygens (including phenoxy) is 1. The van der Waals surface area contributed by atoms with Crippen LogP contribution in [0, 0.1) is 11.6 Å². The molecule has 26 heavy (non-hydrogen) atoms. The quantitative estimate of drug-likeness (QED) is 0.444. The third-order valence-electron chi connectivity index (χ3n) is 3.28. The van der Waals surface area contributed by atoms with Crippen LogP contribution in [0.1, 0.15) is 54.0 Å². The zero-order chi connectivity index (χ0) is 19.5. The highest BCUT2D eigenvalue weighted by Crippen LogP contribution is 2.27. The lowest BCUT2D eigenvalue weighted by Crippen LogP contribution is -2.25. The Labute approximate surface area is 150 Å². The second-order valence-corrected chi connectivity index (χ2v) is 6.72. The van der Waals surface area contributed by atoms with Crippen molar-refractivity contribution in [2.24, 2.45) is 4.99 Å². The van der Waals surface area contributed by atoms with Crippen LogP contribution >= 0.6 is 0 Å². The van der Waals surface area contributed by atoms with Crippen LogP contribution in [-0.2, 0) is 4.74 Å². The van der Waals surface area contributed by atoms with E-state index in [1.54, 1.807) is 20.8 Å². The predicted molar refractivity (Wildman–Crippen MR) is 95.2 cm³/mol. The molecular weight excluding hydrogens is 340 g/mol. The van der Waals surface area contributed by atoms with Crippen LogP contribution in [0.5, 0.6) is 0 Å². The van der Waals surface area contributed by atoms with Gasteiger partial charge in [-0.3, -0.25) is 9.79 Å². The first-order valence-corrected chi connectivity index (χ1v) is 7.94. The fourth-order valence-electron chi connectivity index (χ4n) is 2.25. The van der Waals surface area contributed by atoms with Gasteiger partial charge < -0.3 is 4.74 Å². The van der Waals surface area contributed by atoms with Gasteiger partial charge in [0.15, 0.2) is 5.78 Å². The van der Waals surface area contributed by atoms with E-state index < -0.39 is 29.0 Å². The second kappa shape index (κ2) is 7.56. The number of ketones is 1. The molecule has 0 aromatic heterocycles. The predicted octanol–water partition coefficient (Wildman–Crippen LogP) is 4.87. The topological polar surface area (TPSA) is 55.7 Å². The van der Waals surface area contributed by atoms with Gasteiger partial charge in [-0.15, -0.1) is 0 Å². The average molecular weight is 359 g/mol. The summed E-state index contributed by atoms with van der Waals surface area (Å²) in [7, 11) is 0. The molecule has 0 aliphatic rings. The lowest BCUT2D eigenvalue weighted by molar-refractivity contribution is 0.00673. The summed E-state index contributed by atoms with van der Waals surface area (Å²) in [5.74, 6) is -2.37. The molecular formula is C20H19F2NO3. The number of halogens is 2. The van der Waals surface area contributed by atoms with Crippen LogP contribution in [0.3, 0.4) is 0 Å². The highest BCUT2D eigenvalue weighted by Gasteiger charge is 2.25. The van der Waals surface area contributed by atoms with Crippen LogP contribution in [0.4, 0.5) is 14.5 Å². The molecule has 0 N–H and O–H groups in total. The second-order valence-electron chi connectivity index (χ2n) is 6.72. The Morgan fingerprint density at radius 2 is 1.65 bits per heavy atom. The summed E-state index contributed by atoms with van der Waals surface area (Å²) in [4.78, 5) is 28.5. The summed E-state index contributed by atoms with van der Waals surface area (Å²) in [5, 5.41) is 0. The molecule has 0 bridgehead atoms. The largest absolute Gasteiger partial charge is 0.456 e. The van der Waals surface area contributed by atoms with Crippen molar-refractivity contribution >= 4 is 23.7 Å². The van der Waals surface area contributed by atoms with Crippen LogP contribution in [0.25, 0.3) is 0 Å². The van der Waals surface area contributed by atoms with Gasteiger partial charge in [0.2, 0.25) is 0 Å². The number of esters is 1. The van der Waals surface area contributed by atoms with Gasteiger partial charge in [0.05, 0.1) is 16.8 Å². The normalized spacial score (nSPS) is 11.6. The van der Waals surface area contributed by atoms with Gasteiger partial charge in [-0.25, -0.2) is 13.6 Å². The first-order chi connectivity index (χ1) is 12.1. The molecule has 0 amide bonds. The molecule has 6 heteroatoms. The molecule has 2 aromatic rings. The zero-order valence-corrected chi connectivity index (χ0v) is 15.0. The van der Waals surface area contributed by atoms with E-state index in [9.17, 15) is 18.4 Å². The third kappa shape index (κ3) is 5.05. The highest BCUT2D eigenvalue weighted by molar-refractivity contribution is 6.09. The van der Waals surface area contributed by atoms with Crippen LogP contribution < -0.4 is 0 Å². The first kappa shape index (κ1) is 19.4. The number of benzene rings is 2. The number of hydrogen-bond donors (Lipinski definition) is 0. The minimum absolute atomic E-state index is 0.00249. The molecule has 0 fully saturated rings. The smallest absolute Gasteiger partial charge is 0.339 e. The number of nitrogens with zero attached hydrogens (tertiary/aromatic N) is 1. The van der Waals surface area contributed by atoms with Gasteiger partial charge in [-0.2, -0.15) is 0 Å². The van der Waals surface area contributed by atoms with E-state index in [0.29, 0.717) is 5.56 Å². The van der Waals surface area contributed by atoms with Gasteiger partial charge >= 0.3 is 5.97 Å². The van der Waals surface area contributed by atoms with Crippen molar-refractivity contribution in [2.75, 3.05) is 0 Å². The summed E-state index contributed by atoms with van der Waals surface area (Å²) in [5.41, 5.74) is -0.445. The van der Waals surface area contributed by atoms with E-state index in [0.717, 1.165) is 12.1 Å². The first-order valence-electron chi connectivity index (χ1n) is 7.94. The summed E-state index contributed by atoms with van der Waals surface area (Å²) < 4.78 is 32.2. The van der Waals surface area contributed by atoms with E-state index in [4.69, 9.17) is 4.74 Å². The Morgan fingerprint density at radius 3 is 2.19 bits per heavy atom. The molecule has 0 atom stereocenters. The van der Waals surface area contributed by atoms with Crippen molar-refractivity contribution < 1.29 is 23.1 Å². The molecule has 0 radical (unpaired) electrons. The fourth-order valence-corrected chi connectivity index (χ4v) is 2.25. The van der Waals surface area contributed by atoms with Crippen molar-refractivity contribution in [3.05, 3.63) is 64.7 Å². The molecule has 0 saturated carbocycles. The maximum Gasteiger partial charge on any atom is 0.339 e. The molecule has 0 spiro atoms. The molecule has 2 aromatic carbocycles. The zero-order valence-electron chi connectivity index (χ0n) is 15.0. The molecule has 136 valence electrons. The molecule has 0 heterocycles. The minimum atomic E-state index is -0.805. The maximum atomic E-state index is 14.0. The van der Waals surface area contributed by atoms with Gasteiger partial charge in [0.1, 0.15) is 17.2 Å². The Balaban J connectivity index is 2.50. The van der Waals surface area contributed by atoms with E-state index in [1.807, 2.05) is 0 Å². The highest BCUT2D eigenvalue weighted by atomic mass is 19.1. The van der Waals surface area contributed by atoms with E-state index in [-0.39, 0.29) is 16.8 Å². The third-order valence-corrected chi connectivity index (χ3v) is 3.28. The van der Waals surface area contributed by atoms with Crippen molar-refractivity contribution in [3.8, 4) is 0 Å². The van der Waals surface area contributed by atoms with E-state index >= 15 is 0 Å². The Kier molecular flexibility index (Phi) is 5.65. The standard InChI is InChI=1S/C20H19F2NO3/c1-12(24)18-16(19(25)26-20(2,3)4)9-15(22)10-17(18)23-11-13-5-7-14(21)8-6-13/h5-11H,1-4H3. The summed E-state index contributed by atoms with van der Waals surface area (Å²) in [6, 6.07) is 7.50. The van der Waals surface area contributed by atoms with Crippen molar-refractivity contribution in [1.82, 2.24) is 0 Å². The lowest BCUT2D eigenvalue weighted by Gasteiger charge is -2.20. The summed E-state index contributed by atoms with van der Waals surface area (Å²) in [6.45, 7) is 6.28. The number of carbonyl (C=O) groups excluding carboxylic acids is 2. The number of Topliss-reactive ketones (excluding diaryl/α,β-unsaturated/α-hetero) is 1.